The van der Waals surface area contributed by atoms with Crippen molar-refractivity contribution in [2.24, 2.45) is 16.8 Å². The molecule has 122 valence electrons. The molecule has 0 aromatic rings. The molecule has 2 N–H and O–H groups in total. The molecule has 1 aliphatic carbocycles. The Morgan fingerprint density at radius 3 is 2.71 bits per heavy atom. The Balaban J connectivity index is 1.68. The lowest BCUT2D eigenvalue weighted by Crippen LogP contribution is -2.44. The first kappa shape index (κ1) is 16.6. The number of nitrogens with one attached hydrogen (secondary N) is 2. The third-order valence-corrected chi connectivity index (χ3v) is 6.45. The van der Waals surface area contributed by atoms with E-state index in [-0.39, 0.29) is 11.8 Å². The van der Waals surface area contributed by atoms with Gasteiger partial charge in [0.05, 0.1) is 11.5 Å². The van der Waals surface area contributed by atoms with E-state index in [9.17, 15) is 8.42 Å². The van der Waals surface area contributed by atoms with Crippen LogP contribution in [0.1, 0.15) is 45.4 Å². The highest BCUT2D eigenvalue weighted by molar-refractivity contribution is 7.91. The van der Waals surface area contributed by atoms with Gasteiger partial charge in [0.25, 0.3) is 0 Å². The fraction of sp³-hybridized carbons (Fsp3) is 0.933. The lowest BCUT2D eigenvalue weighted by atomic mass is 9.81. The number of guanidine groups is 1. The van der Waals surface area contributed by atoms with Gasteiger partial charge in [0.2, 0.25) is 0 Å². The average molecular weight is 315 g/mol. The summed E-state index contributed by atoms with van der Waals surface area (Å²) in [7, 11) is -1.10. The van der Waals surface area contributed by atoms with E-state index in [4.69, 9.17) is 0 Å². The lowest BCUT2D eigenvalue weighted by Gasteiger charge is -2.27. The monoisotopic (exact) mass is 315 g/mol. The highest BCUT2D eigenvalue weighted by Crippen LogP contribution is 2.30. The van der Waals surface area contributed by atoms with Gasteiger partial charge in [0.1, 0.15) is 0 Å². The summed E-state index contributed by atoms with van der Waals surface area (Å²) in [5.74, 6) is 2.95. The molecule has 2 aliphatic rings. The second-order valence-electron chi connectivity index (χ2n) is 6.67. The number of hydrogen-bond donors (Lipinski definition) is 2. The van der Waals surface area contributed by atoms with Crippen LogP contribution in [0.25, 0.3) is 0 Å². The maximum atomic E-state index is 11.5. The molecular weight excluding hydrogens is 286 g/mol. The van der Waals surface area contributed by atoms with Crippen LogP contribution in [0.4, 0.5) is 0 Å². The summed E-state index contributed by atoms with van der Waals surface area (Å²) in [4.78, 5) is 4.20. The minimum absolute atomic E-state index is 0.0101. The zero-order valence-electron chi connectivity index (χ0n) is 13.3. The van der Waals surface area contributed by atoms with Crippen LogP contribution >= 0.6 is 0 Å². The molecule has 3 unspecified atom stereocenters. The van der Waals surface area contributed by atoms with Gasteiger partial charge < -0.3 is 10.6 Å². The molecule has 0 bridgehead atoms. The Labute approximate surface area is 128 Å². The van der Waals surface area contributed by atoms with Crippen molar-refractivity contribution in [3.8, 4) is 0 Å². The van der Waals surface area contributed by atoms with Crippen molar-refractivity contribution in [3.63, 3.8) is 0 Å². The van der Waals surface area contributed by atoms with Crippen LogP contribution in [0, 0.1) is 11.8 Å². The molecule has 1 aliphatic heterocycles. The molecule has 1 saturated carbocycles. The van der Waals surface area contributed by atoms with Gasteiger partial charge in [0.15, 0.2) is 15.8 Å². The third-order valence-electron chi connectivity index (χ3n) is 4.69. The SMILES string of the molecule is CN=C(NCCC1CCCC(C)C1)NC1CCS(=O)(=O)C1. The van der Waals surface area contributed by atoms with Crippen LogP contribution in [0.2, 0.25) is 0 Å². The molecule has 1 saturated heterocycles. The van der Waals surface area contributed by atoms with E-state index in [2.05, 4.69) is 22.5 Å². The predicted molar refractivity (Wildman–Crippen MR) is 87.3 cm³/mol. The number of rotatable bonds is 4. The normalized spacial score (nSPS) is 32.9. The fourth-order valence-corrected chi connectivity index (χ4v) is 5.19. The first-order chi connectivity index (χ1) is 9.98. The van der Waals surface area contributed by atoms with E-state index in [1.165, 1.54) is 32.1 Å². The Kier molecular flexibility index (Phi) is 5.90. The summed E-state index contributed by atoms with van der Waals surface area (Å²) >= 11 is 0. The highest BCUT2D eigenvalue weighted by Gasteiger charge is 2.28. The molecule has 5 nitrogen and oxygen atoms in total. The number of hydrogen-bond acceptors (Lipinski definition) is 3. The second kappa shape index (κ2) is 7.47. The van der Waals surface area contributed by atoms with Gasteiger partial charge in [-0.15, -0.1) is 0 Å². The summed E-state index contributed by atoms with van der Waals surface area (Å²) in [6.07, 6.45) is 7.28. The number of nitrogens with zero attached hydrogens (tertiary/aromatic N) is 1. The van der Waals surface area contributed by atoms with Crippen molar-refractivity contribution < 1.29 is 8.42 Å². The molecule has 3 atom stereocenters. The van der Waals surface area contributed by atoms with E-state index in [0.717, 1.165) is 24.3 Å². The van der Waals surface area contributed by atoms with Crippen molar-refractivity contribution >= 4 is 15.8 Å². The minimum Gasteiger partial charge on any atom is -0.356 e. The minimum atomic E-state index is -2.84. The largest absolute Gasteiger partial charge is 0.356 e. The van der Waals surface area contributed by atoms with Crippen molar-refractivity contribution in [1.82, 2.24) is 10.6 Å². The van der Waals surface area contributed by atoms with Crippen LogP contribution in [0.3, 0.4) is 0 Å². The zero-order valence-corrected chi connectivity index (χ0v) is 14.1. The number of sulfone groups is 1. The first-order valence-corrected chi connectivity index (χ1v) is 9.98. The standard InChI is InChI=1S/C15H29N3O2S/c1-12-4-3-5-13(10-12)6-8-17-15(16-2)18-14-7-9-21(19,20)11-14/h12-14H,3-11H2,1-2H3,(H2,16,17,18). The van der Waals surface area contributed by atoms with Crippen LogP contribution < -0.4 is 10.6 Å². The van der Waals surface area contributed by atoms with Crippen molar-refractivity contribution in [2.45, 2.75) is 51.5 Å². The van der Waals surface area contributed by atoms with Gasteiger partial charge in [-0.1, -0.05) is 26.2 Å². The molecule has 2 rings (SSSR count). The Bertz CT molecular complexity index is 462. The van der Waals surface area contributed by atoms with Crippen molar-refractivity contribution in [3.05, 3.63) is 0 Å². The van der Waals surface area contributed by atoms with Crippen LogP contribution in [-0.4, -0.2) is 45.5 Å². The Morgan fingerprint density at radius 2 is 2.10 bits per heavy atom. The van der Waals surface area contributed by atoms with Crippen molar-refractivity contribution in [2.75, 3.05) is 25.1 Å². The quantitative estimate of drug-likeness (QED) is 0.610. The molecule has 0 aromatic carbocycles. The topological polar surface area (TPSA) is 70.6 Å². The van der Waals surface area contributed by atoms with Crippen molar-refractivity contribution in [1.29, 1.82) is 0 Å². The van der Waals surface area contributed by atoms with E-state index < -0.39 is 9.84 Å². The number of aliphatic imine (C=N–C) groups is 1. The summed E-state index contributed by atoms with van der Waals surface area (Å²) in [5, 5.41) is 6.56. The zero-order chi connectivity index (χ0) is 15.3. The molecule has 2 fully saturated rings. The van der Waals surface area contributed by atoms with Crippen LogP contribution in [-0.2, 0) is 9.84 Å². The van der Waals surface area contributed by atoms with Gasteiger partial charge in [-0.2, -0.15) is 0 Å². The Hall–Kier alpha value is -0.780. The lowest BCUT2D eigenvalue weighted by molar-refractivity contribution is 0.270. The van der Waals surface area contributed by atoms with Gasteiger partial charge >= 0.3 is 0 Å². The maximum absolute atomic E-state index is 11.5. The van der Waals surface area contributed by atoms with Gasteiger partial charge in [-0.3, -0.25) is 4.99 Å². The molecule has 1 heterocycles. The van der Waals surface area contributed by atoms with E-state index in [1.807, 2.05) is 0 Å². The van der Waals surface area contributed by atoms with E-state index in [0.29, 0.717) is 12.2 Å². The summed E-state index contributed by atoms with van der Waals surface area (Å²) < 4.78 is 22.9. The van der Waals surface area contributed by atoms with E-state index >= 15 is 0 Å². The molecule has 21 heavy (non-hydrogen) atoms. The maximum Gasteiger partial charge on any atom is 0.191 e. The molecule has 0 aromatic heterocycles. The van der Waals surface area contributed by atoms with Crippen LogP contribution in [0.15, 0.2) is 4.99 Å². The van der Waals surface area contributed by atoms with Gasteiger partial charge in [-0.25, -0.2) is 8.42 Å². The summed E-state index contributed by atoms with van der Waals surface area (Å²) in [6, 6.07) is 0.0101. The molecule has 0 spiro atoms. The predicted octanol–water partition coefficient (Wildman–Crippen LogP) is 1.55. The smallest absolute Gasteiger partial charge is 0.191 e. The Morgan fingerprint density at radius 1 is 1.29 bits per heavy atom. The summed E-state index contributed by atoms with van der Waals surface area (Å²) in [5.41, 5.74) is 0. The van der Waals surface area contributed by atoms with Crippen LogP contribution in [0.5, 0.6) is 0 Å². The molecule has 6 heteroatoms. The second-order valence-corrected chi connectivity index (χ2v) is 8.90. The van der Waals surface area contributed by atoms with E-state index in [1.54, 1.807) is 7.05 Å². The molecule has 0 radical (unpaired) electrons. The third kappa shape index (κ3) is 5.49. The first-order valence-electron chi connectivity index (χ1n) is 8.16. The molecular formula is C15H29N3O2S. The van der Waals surface area contributed by atoms with Gasteiger partial charge in [0, 0.05) is 19.6 Å². The fourth-order valence-electron chi connectivity index (χ4n) is 3.51. The average Bonchev–Trinajstić information content (AvgIpc) is 2.77. The summed E-state index contributed by atoms with van der Waals surface area (Å²) in [6.45, 7) is 3.26. The molecule has 0 amide bonds. The van der Waals surface area contributed by atoms with Gasteiger partial charge in [-0.05, 0) is 31.1 Å². The highest BCUT2D eigenvalue weighted by atomic mass is 32.2.